The maximum Gasteiger partial charge on any atom is 0.353 e. The summed E-state index contributed by atoms with van der Waals surface area (Å²) >= 11 is 3.91. The number of carboxylic acid groups (broad SMARTS) is 1. The number of rotatable bonds is 11. The van der Waals surface area contributed by atoms with Crippen LogP contribution in [-0.4, -0.2) is 74.1 Å². The summed E-state index contributed by atoms with van der Waals surface area (Å²) in [6.07, 6.45) is 7.09. The average Bonchev–Trinajstić information content (AvgIpc) is 3.62. The third kappa shape index (κ3) is 6.49. The van der Waals surface area contributed by atoms with Crippen LogP contribution in [-0.2, 0) is 30.6 Å². The number of fused-ring (bicyclic) bond motifs is 1. The van der Waals surface area contributed by atoms with Crippen LogP contribution in [0.3, 0.4) is 0 Å². The number of thioether (sulfide) groups is 2. The Morgan fingerprint density at radius 3 is 2.63 bits per heavy atom. The second-order valence-corrected chi connectivity index (χ2v) is 12.7. The number of hydrogen-bond donors (Lipinski definition) is 4. The molecule has 41 heavy (non-hydrogen) atoms. The lowest BCUT2D eigenvalue weighted by Gasteiger charge is -2.49. The van der Waals surface area contributed by atoms with Crippen molar-refractivity contribution >= 4 is 69.4 Å². The van der Waals surface area contributed by atoms with Gasteiger partial charge in [0.2, 0.25) is 6.54 Å². The molecule has 13 nitrogen and oxygen atoms in total. The van der Waals surface area contributed by atoms with E-state index in [9.17, 15) is 24.3 Å². The normalized spacial score (nSPS) is 20.9. The van der Waals surface area contributed by atoms with Gasteiger partial charge in [-0.3, -0.25) is 19.3 Å². The maximum atomic E-state index is 13.3. The first-order valence-corrected chi connectivity index (χ1v) is 15.6. The van der Waals surface area contributed by atoms with Gasteiger partial charge in [-0.25, -0.2) is 9.78 Å². The summed E-state index contributed by atoms with van der Waals surface area (Å²) < 4.78 is 1.64. The van der Waals surface area contributed by atoms with Gasteiger partial charge < -0.3 is 26.7 Å². The molecule has 0 aromatic carbocycles. The SMILES string of the molecule is NC(=O)C[n+]1ccc(SCC2=C(C(=O)O)N3C(=O)C(NC(=O)/C(=N/OC4CCCC4)c4csc(N)n4)C3CS2)cc1. The zero-order valence-electron chi connectivity index (χ0n) is 21.7. The number of hydrogen-bond acceptors (Lipinski definition) is 11. The first-order chi connectivity index (χ1) is 19.7. The number of anilines is 1. The van der Waals surface area contributed by atoms with Gasteiger partial charge in [-0.15, -0.1) is 34.9 Å². The predicted molar refractivity (Wildman–Crippen MR) is 153 cm³/mol. The number of β-lactam (4-membered cyclic amide) rings is 1. The molecule has 2 atom stereocenters. The highest BCUT2D eigenvalue weighted by atomic mass is 32.2. The summed E-state index contributed by atoms with van der Waals surface area (Å²) in [4.78, 5) is 62.2. The Balaban J connectivity index is 1.27. The van der Waals surface area contributed by atoms with Gasteiger partial charge in [0.1, 0.15) is 23.5 Å². The molecule has 2 aliphatic heterocycles. The number of carbonyl (C=O) groups excluding carboxylic acids is 3. The van der Waals surface area contributed by atoms with Crippen molar-refractivity contribution in [1.29, 1.82) is 0 Å². The molecule has 16 heteroatoms. The van der Waals surface area contributed by atoms with E-state index in [4.69, 9.17) is 16.3 Å². The number of nitrogen functional groups attached to an aromatic ring is 1. The van der Waals surface area contributed by atoms with E-state index < -0.39 is 35.8 Å². The molecule has 0 radical (unpaired) electrons. The molecule has 3 aliphatic rings. The minimum Gasteiger partial charge on any atom is -0.477 e. The molecule has 5 rings (SSSR count). The lowest BCUT2D eigenvalue weighted by atomic mass is 9.94. The second kappa shape index (κ2) is 12.5. The van der Waals surface area contributed by atoms with Gasteiger partial charge in [0, 0.05) is 38.8 Å². The first-order valence-electron chi connectivity index (χ1n) is 12.8. The number of primary amides is 1. The van der Waals surface area contributed by atoms with Gasteiger partial charge in [-0.2, -0.15) is 4.57 Å². The van der Waals surface area contributed by atoms with Gasteiger partial charge >= 0.3 is 5.97 Å². The molecule has 0 bridgehead atoms. The highest BCUT2D eigenvalue weighted by Crippen LogP contribution is 2.41. The Hall–Kier alpha value is -3.63. The van der Waals surface area contributed by atoms with Crippen LogP contribution in [0.1, 0.15) is 31.4 Å². The van der Waals surface area contributed by atoms with Crippen molar-refractivity contribution in [1.82, 2.24) is 15.2 Å². The molecular weight excluding hydrogens is 591 g/mol. The van der Waals surface area contributed by atoms with E-state index in [1.807, 2.05) is 0 Å². The van der Waals surface area contributed by atoms with Crippen LogP contribution in [0, 0.1) is 0 Å². The highest BCUT2D eigenvalue weighted by Gasteiger charge is 2.54. The summed E-state index contributed by atoms with van der Waals surface area (Å²) in [5.74, 6) is -2.08. The summed E-state index contributed by atoms with van der Waals surface area (Å²) in [6.45, 7) is 0.0595. The largest absolute Gasteiger partial charge is 0.477 e. The van der Waals surface area contributed by atoms with Crippen molar-refractivity contribution in [2.45, 2.75) is 55.3 Å². The number of aliphatic carboxylic acids is 1. The number of nitrogens with two attached hydrogens (primary N) is 2. The van der Waals surface area contributed by atoms with E-state index in [1.165, 1.54) is 28.4 Å². The number of carboxylic acids is 1. The van der Waals surface area contributed by atoms with Crippen LogP contribution >= 0.6 is 34.9 Å². The van der Waals surface area contributed by atoms with E-state index in [0.717, 1.165) is 41.9 Å². The first kappa shape index (κ1) is 28.9. The Kier molecular flexibility index (Phi) is 8.79. The van der Waals surface area contributed by atoms with Gasteiger partial charge in [-0.1, -0.05) is 5.16 Å². The number of nitrogens with one attached hydrogen (secondary N) is 1. The predicted octanol–water partition coefficient (Wildman–Crippen LogP) is 0.692. The number of carbonyl (C=O) groups is 4. The lowest BCUT2D eigenvalue weighted by molar-refractivity contribution is -0.684. The molecule has 2 aromatic rings. The summed E-state index contributed by atoms with van der Waals surface area (Å²) in [7, 11) is 0. The van der Waals surface area contributed by atoms with E-state index in [0.29, 0.717) is 16.4 Å². The summed E-state index contributed by atoms with van der Waals surface area (Å²) in [5.41, 5.74) is 11.1. The molecule has 4 heterocycles. The molecule has 1 saturated heterocycles. The van der Waals surface area contributed by atoms with Crippen molar-refractivity contribution in [3.05, 3.63) is 46.2 Å². The van der Waals surface area contributed by atoms with Crippen LogP contribution in [0.5, 0.6) is 0 Å². The zero-order chi connectivity index (χ0) is 29.1. The van der Waals surface area contributed by atoms with Crippen LogP contribution in [0.2, 0.25) is 0 Å². The average molecular weight is 619 g/mol. The third-order valence-corrected chi connectivity index (χ3v) is 9.88. The highest BCUT2D eigenvalue weighted by molar-refractivity contribution is 8.06. The van der Waals surface area contributed by atoms with Gasteiger partial charge in [0.15, 0.2) is 23.2 Å². The Labute approximate surface area is 247 Å². The van der Waals surface area contributed by atoms with Crippen LogP contribution < -0.4 is 21.4 Å². The Bertz CT molecular complexity index is 1420. The number of thiazole rings is 1. The number of amides is 3. The fourth-order valence-corrected chi connectivity index (χ4v) is 7.62. The van der Waals surface area contributed by atoms with E-state index in [1.54, 1.807) is 34.5 Å². The van der Waals surface area contributed by atoms with Crippen LogP contribution in [0.25, 0.3) is 0 Å². The van der Waals surface area contributed by atoms with Crippen LogP contribution in [0.4, 0.5) is 5.13 Å². The quantitative estimate of drug-likeness (QED) is 0.0915. The monoisotopic (exact) mass is 618 g/mol. The Morgan fingerprint density at radius 1 is 1.27 bits per heavy atom. The minimum absolute atomic E-state index is 0.0595. The molecule has 6 N–H and O–H groups in total. The fourth-order valence-electron chi connectivity index (χ4n) is 4.78. The third-order valence-electron chi connectivity index (χ3n) is 6.79. The maximum absolute atomic E-state index is 13.3. The minimum atomic E-state index is -1.21. The smallest absolute Gasteiger partial charge is 0.353 e. The number of nitrogens with zero attached hydrogens (tertiary/aromatic N) is 4. The summed E-state index contributed by atoms with van der Waals surface area (Å²) in [5, 5.41) is 18.6. The topological polar surface area (TPSA) is 194 Å². The van der Waals surface area contributed by atoms with E-state index >= 15 is 0 Å². The van der Waals surface area contributed by atoms with Crippen molar-refractivity contribution < 1.29 is 33.7 Å². The van der Waals surface area contributed by atoms with Crippen LogP contribution in [0.15, 0.2) is 50.6 Å². The molecule has 3 amide bonds. The molecule has 0 spiro atoms. The molecule has 216 valence electrons. The Morgan fingerprint density at radius 2 is 2.00 bits per heavy atom. The molecule has 2 aromatic heterocycles. The van der Waals surface area contributed by atoms with Crippen molar-refractivity contribution in [3.63, 3.8) is 0 Å². The lowest BCUT2D eigenvalue weighted by Crippen LogP contribution is -2.73. The molecular formula is C25H28N7O6S3+. The van der Waals surface area contributed by atoms with E-state index in [-0.39, 0.29) is 34.9 Å². The van der Waals surface area contributed by atoms with Crippen molar-refractivity contribution in [2.75, 3.05) is 17.2 Å². The van der Waals surface area contributed by atoms with Gasteiger partial charge in [-0.05, 0) is 25.7 Å². The molecule has 1 aliphatic carbocycles. The molecule has 1 saturated carbocycles. The fraction of sp³-hybridized carbons (Fsp3) is 0.400. The summed E-state index contributed by atoms with van der Waals surface area (Å²) in [6, 6.07) is 2.16. The number of oxime groups is 1. The number of pyridine rings is 1. The molecule has 2 fully saturated rings. The van der Waals surface area contributed by atoms with Crippen molar-refractivity contribution in [3.8, 4) is 0 Å². The molecule has 2 unspecified atom stereocenters. The van der Waals surface area contributed by atoms with Gasteiger partial charge in [0.05, 0.1) is 6.04 Å². The van der Waals surface area contributed by atoms with E-state index in [2.05, 4.69) is 15.5 Å². The van der Waals surface area contributed by atoms with Crippen molar-refractivity contribution in [2.24, 2.45) is 10.9 Å². The number of aromatic nitrogens is 2. The zero-order valence-corrected chi connectivity index (χ0v) is 24.2. The standard InChI is InChI=1S/C25H27N7O6S3/c26-18(33)9-31-7-5-14(6-8-31)39-12-17-21(24(36)37)32-16(11-40-17)20(23(32)35)29-22(34)19(15-10-41-25(27)28-15)30-38-13-3-1-2-4-13/h5-8,10,13,16,20H,1-4,9,11-12H2,(H5-,26,27,28,29,33,34,36,37)/p+1/b30-19+. The van der Waals surface area contributed by atoms with Gasteiger partial charge in [0.25, 0.3) is 17.7 Å². The second-order valence-electron chi connectivity index (χ2n) is 9.60.